The van der Waals surface area contributed by atoms with Crippen LogP contribution in [0.4, 0.5) is 0 Å². The van der Waals surface area contributed by atoms with Crippen LogP contribution in [0.1, 0.15) is 22.9 Å². The fourth-order valence-electron chi connectivity index (χ4n) is 3.46. The van der Waals surface area contributed by atoms with Gasteiger partial charge < -0.3 is 9.30 Å². The standard InChI is InChI=1S/C23H20N2O2/c1-27-21(26)16-25-20-15-9-8-14-19(20)24-23(25)22(17-10-4-2-5-11-17)18-12-6-3-7-13-18/h2-15,22H,16H2,1H3. The number of hydrogen-bond acceptors (Lipinski definition) is 3. The summed E-state index contributed by atoms with van der Waals surface area (Å²) >= 11 is 0. The van der Waals surface area contributed by atoms with Gasteiger partial charge in [-0.1, -0.05) is 72.8 Å². The molecule has 0 radical (unpaired) electrons. The second kappa shape index (κ2) is 7.46. The lowest BCUT2D eigenvalue weighted by Crippen LogP contribution is -2.17. The van der Waals surface area contributed by atoms with Gasteiger partial charge in [-0.3, -0.25) is 4.79 Å². The summed E-state index contributed by atoms with van der Waals surface area (Å²) in [6, 6.07) is 28.4. The van der Waals surface area contributed by atoms with Crippen molar-refractivity contribution in [2.24, 2.45) is 0 Å². The van der Waals surface area contributed by atoms with E-state index in [1.165, 1.54) is 7.11 Å². The number of carbonyl (C=O) groups is 1. The van der Waals surface area contributed by atoms with E-state index in [0.717, 1.165) is 28.0 Å². The van der Waals surface area contributed by atoms with Gasteiger partial charge in [0.15, 0.2) is 0 Å². The quantitative estimate of drug-likeness (QED) is 0.498. The van der Waals surface area contributed by atoms with Crippen molar-refractivity contribution in [2.45, 2.75) is 12.5 Å². The lowest BCUT2D eigenvalue weighted by molar-refractivity contribution is -0.141. The Balaban J connectivity index is 1.96. The molecule has 0 bridgehead atoms. The number of benzene rings is 3. The Morgan fingerprint density at radius 3 is 2.04 bits per heavy atom. The molecule has 0 N–H and O–H groups in total. The average Bonchev–Trinajstić information content (AvgIpc) is 3.08. The predicted molar refractivity (Wildman–Crippen MR) is 106 cm³/mol. The summed E-state index contributed by atoms with van der Waals surface area (Å²) in [4.78, 5) is 17.0. The third-order valence-corrected chi connectivity index (χ3v) is 4.72. The molecule has 4 rings (SSSR count). The summed E-state index contributed by atoms with van der Waals surface area (Å²) in [5, 5.41) is 0. The number of fused-ring (bicyclic) bond motifs is 1. The van der Waals surface area contributed by atoms with Crippen molar-refractivity contribution in [2.75, 3.05) is 7.11 Å². The highest BCUT2D eigenvalue weighted by molar-refractivity contribution is 5.79. The Morgan fingerprint density at radius 2 is 1.44 bits per heavy atom. The maximum absolute atomic E-state index is 12.1. The van der Waals surface area contributed by atoms with Crippen molar-refractivity contribution in [3.05, 3.63) is 102 Å². The number of nitrogens with zero attached hydrogens (tertiary/aromatic N) is 2. The molecule has 3 aromatic carbocycles. The molecule has 0 saturated heterocycles. The molecule has 4 heteroatoms. The van der Waals surface area contributed by atoms with Crippen molar-refractivity contribution in [1.82, 2.24) is 9.55 Å². The number of aromatic nitrogens is 2. The summed E-state index contributed by atoms with van der Waals surface area (Å²) in [7, 11) is 1.41. The van der Waals surface area contributed by atoms with E-state index in [0.29, 0.717) is 0 Å². The number of ether oxygens (including phenoxy) is 1. The van der Waals surface area contributed by atoms with Crippen LogP contribution < -0.4 is 0 Å². The minimum Gasteiger partial charge on any atom is -0.468 e. The van der Waals surface area contributed by atoms with Gasteiger partial charge in [0.1, 0.15) is 12.4 Å². The minimum atomic E-state index is -0.292. The van der Waals surface area contributed by atoms with E-state index in [2.05, 4.69) is 24.3 Å². The fraction of sp³-hybridized carbons (Fsp3) is 0.130. The summed E-state index contributed by atoms with van der Waals surface area (Å²) in [6.07, 6.45) is 0. The molecule has 1 heterocycles. The van der Waals surface area contributed by atoms with Crippen LogP contribution in [0.2, 0.25) is 0 Å². The first-order valence-corrected chi connectivity index (χ1v) is 8.90. The Kier molecular flexibility index (Phi) is 4.71. The Labute approximate surface area is 158 Å². The molecule has 0 amide bonds. The Morgan fingerprint density at radius 1 is 0.889 bits per heavy atom. The highest BCUT2D eigenvalue weighted by Crippen LogP contribution is 2.33. The van der Waals surface area contributed by atoms with Gasteiger partial charge in [-0.05, 0) is 23.3 Å². The van der Waals surface area contributed by atoms with E-state index in [9.17, 15) is 4.79 Å². The van der Waals surface area contributed by atoms with Crippen LogP contribution in [0.15, 0.2) is 84.9 Å². The van der Waals surface area contributed by atoms with Gasteiger partial charge in [0.25, 0.3) is 0 Å². The second-order valence-corrected chi connectivity index (χ2v) is 6.38. The molecule has 0 aliphatic carbocycles. The van der Waals surface area contributed by atoms with E-state index < -0.39 is 0 Å². The van der Waals surface area contributed by atoms with E-state index in [-0.39, 0.29) is 18.4 Å². The van der Waals surface area contributed by atoms with Crippen molar-refractivity contribution in [3.8, 4) is 0 Å². The number of methoxy groups -OCH3 is 1. The maximum atomic E-state index is 12.1. The maximum Gasteiger partial charge on any atom is 0.325 e. The Bertz CT molecular complexity index is 1020. The molecule has 1 aromatic heterocycles. The van der Waals surface area contributed by atoms with Gasteiger partial charge in [0.2, 0.25) is 0 Å². The predicted octanol–water partition coefficient (Wildman–Crippen LogP) is 4.39. The molecule has 0 saturated carbocycles. The molecule has 4 aromatic rings. The smallest absolute Gasteiger partial charge is 0.325 e. The molecule has 0 unspecified atom stereocenters. The van der Waals surface area contributed by atoms with Gasteiger partial charge in [-0.25, -0.2) is 4.98 Å². The molecule has 0 aliphatic heterocycles. The van der Waals surface area contributed by atoms with E-state index in [4.69, 9.17) is 9.72 Å². The minimum absolute atomic E-state index is 0.0792. The number of para-hydroxylation sites is 2. The van der Waals surface area contributed by atoms with Crippen LogP contribution in [-0.2, 0) is 16.1 Å². The topological polar surface area (TPSA) is 44.1 Å². The van der Waals surface area contributed by atoms with Crippen LogP contribution in [0.25, 0.3) is 11.0 Å². The van der Waals surface area contributed by atoms with E-state index in [1.807, 2.05) is 65.2 Å². The van der Waals surface area contributed by atoms with Gasteiger partial charge >= 0.3 is 5.97 Å². The largest absolute Gasteiger partial charge is 0.468 e. The van der Waals surface area contributed by atoms with Crippen LogP contribution in [0, 0.1) is 0 Å². The molecule has 27 heavy (non-hydrogen) atoms. The number of imidazole rings is 1. The zero-order chi connectivity index (χ0) is 18.6. The molecule has 0 fully saturated rings. The molecule has 0 atom stereocenters. The lowest BCUT2D eigenvalue weighted by Gasteiger charge is -2.19. The van der Waals surface area contributed by atoms with E-state index >= 15 is 0 Å². The number of hydrogen-bond donors (Lipinski definition) is 0. The van der Waals surface area contributed by atoms with Crippen LogP contribution in [0.3, 0.4) is 0 Å². The van der Waals surface area contributed by atoms with Crippen LogP contribution in [-0.4, -0.2) is 22.6 Å². The number of rotatable bonds is 5. The summed E-state index contributed by atoms with van der Waals surface area (Å²) in [5.74, 6) is 0.461. The van der Waals surface area contributed by atoms with Gasteiger partial charge in [-0.15, -0.1) is 0 Å². The molecule has 0 aliphatic rings. The van der Waals surface area contributed by atoms with Crippen LogP contribution >= 0.6 is 0 Å². The first-order chi connectivity index (χ1) is 13.3. The fourth-order valence-corrected chi connectivity index (χ4v) is 3.46. The summed E-state index contributed by atoms with van der Waals surface area (Å²) in [6.45, 7) is 0.127. The van der Waals surface area contributed by atoms with Crippen molar-refractivity contribution >= 4 is 17.0 Å². The summed E-state index contributed by atoms with van der Waals surface area (Å²) < 4.78 is 6.90. The molecule has 4 nitrogen and oxygen atoms in total. The number of carbonyl (C=O) groups excluding carboxylic acids is 1. The average molecular weight is 356 g/mol. The zero-order valence-electron chi connectivity index (χ0n) is 15.1. The molecule has 134 valence electrons. The first-order valence-electron chi connectivity index (χ1n) is 8.90. The van der Waals surface area contributed by atoms with Crippen LogP contribution in [0.5, 0.6) is 0 Å². The zero-order valence-corrected chi connectivity index (χ0v) is 15.1. The third-order valence-electron chi connectivity index (χ3n) is 4.72. The van der Waals surface area contributed by atoms with Gasteiger partial charge in [0.05, 0.1) is 24.1 Å². The van der Waals surface area contributed by atoms with Gasteiger partial charge in [-0.2, -0.15) is 0 Å². The first kappa shape index (κ1) is 17.0. The third kappa shape index (κ3) is 3.34. The van der Waals surface area contributed by atoms with Crippen molar-refractivity contribution in [3.63, 3.8) is 0 Å². The second-order valence-electron chi connectivity index (χ2n) is 6.38. The number of esters is 1. The molecular formula is C23H20N2O2. The molecular weight excluding hydrogens is 336 g/mol. The van der Waals surface area contributed by atoms with E-state index in [1.54, 1.807) is 0 Å². The van der Waals surface area contributed by atoms with Crippen molar-refractivity contribution in [1.29, 1.82) is 0 Å². The SMILES string of the molecule is COC(=O)Cn1c(C(c2ccccc2)c2ccccc2)nc2ccccc21. The highest BCUT2D eigenvalue weighted by Gasteiger charge is 2.24. The summed E-state index contributed by atoms with van der Waals surface area (Å²) in [5.41, 5.74) is 4.05. The highest BCUT2D eigenvalue weighted by atomic mass is 16.5. The monoisotopic (exact) mass is 356 g/mol. The molecule has 0 spiro atoms. The lowest BCUT2D eigenvalue weighted by atomic mass is 9.90. The Hall–Kier alpha value is -3.40. The van der Waals surface area contributed by atoms with Crippen molar-refractivity contribution < 1.29 is 9.53 Å². The normalized spacial score (nSPS) is 11.0. The van der Waals surface area contributed by atoms with Gasteiger partial charge in [0, 0.05) is 0 Å².